The van der Waals surface area contributed by atoms with Gasteiger partial charge in [-0.25, -0.2) is 14.4 Å². The Labute approximate surface area is 141 Å². The van der Waals surface area contributed by atoms with Crippen LogP contribution < -0.4 is 5.32 Å². The highest BCUT2D eigenvalue weighted by atomic mass is 32.1. The Balaban J connectivity index is 1.60. The van der Waals surface area contributed by atoms with Crippen LogP contribution >= 0.6 is 11.3 Å². The summed E-state index contributed by atoms with van der Waals surface area (Å²) >= 11 is 1.45. The number of hydrogen-bond donors (Lipinski definition) is 2. The molecule has 0 aliphatic carbocycles. The maximum atomic E-state index is 12.9. The summed E-state index contributed by atoms with van der Waals surface area (Å²) in [4.78, 5) is 20.3. The highest BCUT2D eigenvalue weighted by Gasteiger charge is 2.11. The first-order valence-corrected chi connectivity index (χ1v) is 8.09. The number of pyridine rings is 1. The molecule has 0 aliphatic rings. The van der Waals surface area contributed by atoms with Crippen LogP contribution in [0.2, 0.25) is 0 Å². The van der Waals surface area contributed by atoms with Gasteiger partial charge in [0.25, 0.3) is 0 Å². The predicted octanol–water partition coefficient (Wildman–Crippen LogP) is 3.15. The topological polar surface area (TPSA) is 75.1 Å². The summed E-state index contributed by atoms with van der Waals surface area (Å²) < 4.78 is 12.9. The fourth-order valence-corrected chi connectivity index (χ4v) is 2.95. The van der Waals surface area contributed by atoms with Crippen molar-refractivity contribution >= 4 is 23.1 Å². The van der Waals surface area contributed by atoms with Gasteiger partial charge in [0.05, 0.1) is 17.1 Å². The minimum absolute atomic E-state index is 0.0823. The third kappa shape index (κ3) is 4.14. The molecule has 0 radical (unpaired) electrons. The van der Waals surface area contributed by atoms with E-state index in [1.54, 1.807) is 18.2 Å². The summed E-state index contributed by atoms with van der Waals surface area (Å²) in [5, 5.41) is 14.8. The Hall–Kier alpha value is -2.80. The molecular formula is C17H14FN3O2S. The molecule has 3 aromatic rings. The molecule has 5 nitrogen and oxygen atoms in total. The largest absolute Gasteiger partial charge is 0.504 e. The zero-order valence-electron chi connectivity index (χ0n) is 12.6. The first kappa shape index (κ1) is 16.1. The molecule has 2 heterocycles. The highest BCUT2D eigenvalue weighted by molar-refractivity contribution is 7.09. The maximum absolute atomic E-state index is 12.9. The molecule has 0 atom stereocenters. The third-order valence-corrected chi connectivity index (χ3v) is 4.15. The summed E-state index contributed by atoms with van der Waals surface area (Å²) in [6.45, 7) is 0. The molecule has 2 N–H and O–H groups in total. The molecular weight excluding hydrogens is 329 g/mol. The fraction of sp³-hybridized carbons (Fsp3) is 0.118. The van der Waals surface area contributed by atoms with Crippen LogP contribution in [-0.4, -0.2) is 21.0 Å². The zero-order chi connectivity index (χ0) is 16.9. The molecule has 2 aromatic heterocycles. The van der Waals surface area contributed by atoms with Crippen molar-refractivity contribution in [3.8, 4) is 5.75 Å². The van der Waals surface area contributed by atoms with E-state index in [9.17, 15) is 14.3 Å². The number of nitrogens with one attached hydrogen (secondary N) is 1. The molecule has 1 aromatic carbocycles. The lowest BCUT2D eigenvalue weighted by atomic mass is 10.1. The molecule has 24 heavy (non-hydrogen) atoms. The van der Waals surface area contributed by atoms with Crippen LogP contribution in [0.3, 0.4) is 0 Å². The number of rotatable bonds is 5. The van der Waals surface area contributed by atoms with E-state index in [1.807, 2.05) is 5.38 Å². The molecule has 0 aliphatic heterocycles. The van der Waals surface area contributed by atoms with E-state index < -0.39 is 0 Å². The van der Waals surface area contributed by atoms with Crippen molar-refractivity contribution in [2.45, 2.75) is 12.8 Å². The number of anilines is 1. The second-order valence-electron chi connectivity index (χ2n) is 5.13. The van der Waals surface area contributed by atoms with Gasteiger partial charge in [0.15, 0.2) is 11.6 Å². The number of nitrogens with zero attached hydrogens (tertiary/aromatic N) is 2. The van der Waals surface area contributed by atoms with Crippen LogP contribution in [0.4, 0.5) is 10.2 Å². The van der Waals surface area contributed by atoms with E-state index >= 15 is 0 Å². The number of aromatic hydroxyl groups is 1. The maximum Gasteiger partial charge on any atom is 0.231 e. The van der Waals surface area contributed by atoms with Gasteiger partial charge in [-0.2, -0.15) is 0 Å². The van der Waals surface area contributed by atoms with Crippen LogP contribution in [0.5, 0.6) is 5.75 Å². The standard InChI is InChI=1S/C17H14FN3O2S/c18-12-5-3-11(4-6-12)8-16-20-13(10-24-16)9-15(23)21-17-14(22)2-1-7-19-17/h1-7,10,22H,8-9H2,(H,19,21,23). The van der Waals surface area contributed by atoms with E-state index in [0.717, 1.165) is 10.6 Å². The minimum Gasteiger partial charge on any atom is -0.504 e. The summed E-state index contributed by atoms with van der Waals surface area (Å²) in [5.74, 6) is -0.527. The predicted molar refractivity (Wildman–Crippen MR) is 89.6 cm³/mol. The zero-order valence-corrected chi connectivity index (χ0v) is 13.4. The second kappa shape index (κ2) is 7.18. The summed E-state index contributed by atoms with van der Waals surface area (Å²) in [5.41, 5.74) is 1.60. The van der Waals surface area contributed by atoms with Gasteiger partial charge in [-0.1, -0.05) is 12.1 Å². The lowest BCUT2D eigenvalue weighted by Gasteiger charge is -2.04. The summed E-state index contributed by atoms with van der Waals surface area (Å²) in [6.07, 6.45) is 2.17. The number of hydrogen-bond acceptors (Lipinski definition) is 5. The Morgan fingerprint density at radius 2 is 2.04 bits per heavy atom. The van der Waals surface area contributed by atoms with Crippen molar-refractivity contribution in [3.05, 3.63) is 70.1 Å². The molecule has 122 valence electrons. The Bertz CT molecular complexity index is 849. The van der Waals surface area contributed by atoms with Crippen molar-refractivity contribution in [2.24, 2.45) is 0 Å². The van der Waals surface area contributed by atoms with Crippen molar-refractivity contribution in [3.63, 3.8) is 0 Å². The van der Waals surface area contributed by atoms with E-state index in [-0.39, 0.29) is 29.7 Å². The van der Waals surface area contributed by atoms with Gasteiger partial charge in [-0.05, 0) is 29.8 Å². The molecule has 0 spiro atoms. The molecule has 0 saturated heterocycles. The lowest BCUT2D eigenvalue weighted by molar-refractivity contribution is -0.115. The molecule has 0 unspecified atom stereocenters. The van der Waals surface area contributed by atoms with E-state index in [2.05, 4.69) is 15.3 Å². The Morgan fingerprint density at radius 1 is 1.25 bits per heavy atom. The number of thiazole rings is 1. The van der Waals surface area contributed by atoms with Gasteiger partial charge < -0.3 is 10.4 Å². The van der Waals surface area contributed by atoms with Crippen LogP contribution in [0.25, 0.3) is 0 Å². The van der Waals surface area contributed by atoms with E-state index in [0.29, 0.717) is 12.1 Å². The summed E-state index contributed by atoms with van der Waals surface area (Å²) in [6, 6.07) is 9.28. The average molecular weight is 343 g/mol. The van der Waals surface area contributed by atoms with Crippen molar-refractivity contribution < 1.29 is 14.3 Å². The van der Waals surface area contributed by atoms with Gasteiger partial charge in [-0.15, -0.1) is 11.3 Å². The Morgan fingerprint density at radius 3 is 2.79 bits per heavy atom. The van der Waals surface area contributed by atoms with E-state index in [4.69, 9.17) is 0 Å². The van der Waals surface area contributed by atoms with Gasteiger partial charge in [0, 0.05) is 18.0 Å². The van der Waals surface area contributed by atoms with Gasteiger partial charge in [-0.3, -0.25) is 4.79 Å². The second-order valence-corrected chi connectivity index (χ2v) is 6.07. The molecule has 0 bridgehead atoms. The number of benzene rings is 1. The van der Waals surface area contributed by atoms with Crippen LogP contribution in [0.1, 0.15) is 16.3 Å². The first-order chi connectivity index (χ1) is 11.6. The minimum atomic E-state index is -0.303. The molecule has 3 rings (SSSR count). The van der Waals surface area contributed by atoms with Gasteiger partial charge >= 0.3 is 0 Å². The number of carbonyl (C=O) groups is 1. The smallest absolute Gasteiger partial charge is 0.231 e. The average Bonchev–Trinajstić information content (AvgIpc) is 2.99. The van der Waals surface area contributed by atoms with Crippen molar-refractivity contribution in [1.82, 2.24) is 9.97 Å². The van der Waals surface area contributed by atoms with Gasteiger partial charge in [0.2, 0.25) is 5.91 Å². The van der Waals surface area contributed by atoms with Crippen LogP contribution in [0.15, 0.2) is 48.0 Å². The summed E-state index contributed by atoms with van der Waals surface area (Å²) in [7, 11) is 0. The molecule has 0 saturated carbocycles. The number of aromatic nitrogens is 2. The third-order valence-electron chi connectivity index (χ3n) is 3.25. The molecule has 1 amide bonds. The number of amides is 1. The van der Waals surface area contributed by atoms with Crippen molar-refractivity contribution in [1.29, 1.82) is 0 Å². The molecule has 0 fully saturated rings. The SMILES string of the molecule is O=C(Cc1csc(Cc2ccc(F)cc2)n1)Nc1ncccc1O. The molecule has 7 heteroatoms. The van der Waals surface area contributed by atoms with Crippen LogP contribution in [0, 0.1) is 5.82 Å². The monoisotopic (exact) mass is 343 g/mol. The Kier molecular flexibility index (Phi) is 4.81. The normalized spacial score (nSPS) is 10.5. The van der Waals surface area contributed by atoms with Crippen molar-refractivity contribution in [2.75, 3.05) is 5.32 Å². The quantitative estimate of drug-likeness (QED) is 0.746. The highest BCUT2D eigenvalue weighted by Crippen LogP contribution is 2.19. The lowest BCUT2D eigenvalue weighted by Crippen LogP contribution is -2.15. The fourth-order valence-electron chi connectivity index (χ4n) is 2.12. The number of halogens is 1. The van der Waals surface area contributed by atoms with E-state index in [1.165, 1.54) is 35.7 Å². The first-order valence-electron chi connectivity index (χ1n) is 7.22. The number of carbonyl (C=O) groups excluding carboxylic acids is 1. The van der Waals surface area contributed by atoms with Gasteiger partial charge in [0.1, 0.15) is 5.82 Å². The van der Waals surface area contributed by atoms with Crippen LogP contribution in [-0.2, 0) is 17.6 Å².